The van der Waals surface area contributed by atoms with E-state index in [0.29, 0.717) is 6.42 Å². The fourth-order valence-corrected chi connectivity index (χ4v) is 4.12. The van der Waals surface area contributed by atoms with E-state index in [2.05, 4.69) is 6.92 Å². The molecule has 1 rings (SSSR count). The molecule has 0 N–H and O–H groups in total. The van der Waals surface area contributed by atoms with Gasteiger partial charge in [0.25, 0.3) is 0 Å². The lowest BCUT2D eigenvalue weighted by atomic mass is 10.1. The third kappa shape index (κ3) is 6.94. The topological polar surface area (TPSA) is 34.1 Å². The third-order valence-electron chi connectivity index (χ3n) is 3.79. The van der Waals surface area contributed by atoms with Crippen LogP contribution in [0.5, 0.6) is 0 Å². The minimum atomic E-state index is -4.65. The quantitative estimate of drug-likeness (QED) is 0.513. The van der Waals surface area contributed by atoms with E-state index in [1.165, 1.54) is 31.4 Å². The van der Waals surface area contributed by atoms with Gasteiger partial charge < -0.3 is 0 Å². The summed E-state index contributed by atoms with van der Waals surface area (Å²) in [6.45, 7) is 2.14. The molecule has 0 aliphatic carbocycles. The molecule has 0 aromatic heterocycles. The van der Waals surface area contributed by atoms with Crippen LogP contribution in [0.1, 0.15) is 63.9 Å². The Morgan fingerprint density at radius 3 is 1.96 bits per heavy atom. The van der Waals surface area contributed by atoms with Crippen LogP contribution in [-0.2, 0) is 16.0 Å². The summed E-state index contributed by atoms with van der Waals surface area (Å²) >= 11 is 0. The van der Waals surface area contributed by atoms with E-state index in [9.17, 15) is 21.6 Å². The third-order valence-corrected chi connectivity index (χ3v) is 5.65. The van der Waals surface area contributed by atoms with Crippen LogP contribution in [-0.4, -0.2) is 14.2 Å². The first-order chi connectivity index (χ1) is 10.8. The molecule has 1 aromatic rings. The van der Waals surface area contributed by atoms with Crippen molar-refractivity contribution in [1.82, 2.24) is 0 Å². The Balaban J connectivity index is 2.51. The molecule has 0 fully saturated rings. The van der Waals surface area contributed by atoms with E-state index in [1.54, 1.807) is 0 Å². The maximum Gasteiger partial charge on any atom is 0.417 e. The number of alkyl halides is 3. The summed E-state index contributed by atoms with van der Waals surface area (Å²) in [7, 11) is -3.90. The maximum absolute atomic E-state index is 12.9. The Bertz CT molecular complexity index is 565. The highest BCUT2D eigenvalue weighted by Crippen LogP contribution is 2.34. The molecule has 0 spiro atoms. The van der Waals surface area contributed by atoms with E-state index in [-0.39, 0.29) is 5.75 Å². The Morgan fingerprint density at radius 1 is 0.870 bits per heavy atom. The summed E-state index contributed by atoms with van der Waals surface area (Å²) in [6, 6.07) is 4.40. The SMILES string of the molecule is CCCCCCCCCCS(=O)(=O)c1ccccc1C(F)(F)F. The number of hydrogen-bond acceptors (Lipinski definition) is 2. The summed E-state index contributed by atoms with van der Waals surface area (Å²) in [4.78, 5) is -0.601. The van der Waals surface area contributed by atoms with Crippen molar-refractivity contribution in [2.24, 2.45) is 0 Å². The molecule has 0 saturated heterocycles. The summed E-state index contributed by atoms with van der Waals surface area (Å²) in [5, 5.41) is 0. The highest BCUT2D eigenvalue weighted by atomic mass is 32.2. The Kier molecular flexibility index (Phi) is 8.09. The van der Waals surface area contributed by atoms with Crippen molar-refractivity contribution in [2.45, 2.75) is 69.4 Å². The Labute approximate surface area is 137 Å². The van der Waals surface area contributed by atoms with E-state index in [1.807, 2.05) is 0 Å². The standard InChI is InChI=1S/C17H25F3O2S/c1-2-3-4-5-6-7-8-11-14-23(21,22)16-13-10-9-12-15(16)17(18,19)20/h9-10,12-13H,2-8,11,14H2,1H3. The number of benzene rings is 1. The summed E-state index contributed by atoms with van der Waals surface area (Å²) in [5.74, 6) is -0.227. The highest BCUT2D eigenvalue weighted by molar-refractivity contribution is 7.91. The van der Waals surface area contributed by atoms with Crippen LogP contribution < -0.4 is 0 Å². The molecule has 0 heterocycles. The average Bonchev–Trinajstić information content (AvgIpc) is 2.49. The average molecular weight is 350 g/mol. The van der Waals surface area contributed by atoms with Gasteiger partial charge >= 0.3 is 6.18 Å². The number of sulfone groups is 1. The lowest BCUT2D eigenvalue weighted by molar-refractivity contribution is -0.139. The first-order valence-corrected chi connectivity index (χ1v) is 9.83. The van der Waals surface area contributed by atoms with Gasteiger partial charge in [-0.15, -0.1) is 0 Å². The van der Waals surface area contributed by atoms with Crippen molar-refractivity contribution in [3.8, 4) is 0 Å². The zero-order chi connectivity index (χ0) is 17.3. The maximum atomic E-state index is 12.9. The van der Waals surface area contributed by atoms with E-state index in [0.717, 1.165) is 37.8 Å². The molecule has 0 saturated carbocycles. The van der Waals surface area contributed by atoms with Gasteiger partial charge in [0.1, 0.15) is 0 Å². The molecule has 0 amide bonds. The largest absolute Gasteiger partial charge is 0.417 e. The second kappa shape index (κ2) is 9.30. The molecule has 132 valence electrons. The fraction of sp³-hybridized carbons (Fsp3) is 0.647. The monoisotopic (exact) mass is 350 g/mol. The molecule has 0 atom stereocenters. The van der Waals surface area contributed by atoms with Crippen LogP contribution >= 0.6 is 0 Å². The van der Waals surface area contributed by atoms with Gasteiger partial charge in [0.2, 0.25) is 0 Å². The zero-order valence-corrected chi connectivity index (χ0v) is 14.3. The second-order valence-corrected chi connectivity index (χ2v) is 7.87. The molecule has 6 heteroatoms. The van der Waals surface area contributed by atoms with Crippen molar-refractivity contribution in [2.75, 3.05) is 5.75 Å². The Hall–Kier alpha value is -1.04. The van der Waals surface area contributed by atoms with Crippen LogP contribution in [0.4, 0.5) is 13.2 Å². The predicted molar refractivity (Wildman–Crippen MR) is 86.1 cm³/mol. The minimum absolute atomic E-state index is 0.227. The molecule has 2 nitrogen and oxygen atoms in total. The fourth-order valence-electron chi connectivity index (χ4n) is 2.51. The van der Waals surface area contributed by atoms with Gasteiger partial charge in [-0.05, 0) is 18.6 Å². The number of rotatable bonds is 10. The van der Waals surface area contributed by atoms with Crippen LogP contribution in [0.3, 0.4) is 0 Å². The van der Waals surface area contributed by atoms with Crippen molar-refractivity contribution in [1.29, 1.82) is 0 Å². The first-order valence-electron chi connectivity index (χ1n) is 8.18. The summed E-state index contributed by atoms with van der Waals surface area (Å²) in [6.07, 6.45) is 3.19. The molecule has 0 radical (unpaired) electrons. The molecule has 0 unspecified atom stereocenters. The molecule has 0 bridgehead atoms. The van der Waals surface area contributed by atoms with Crippen LogP contribution in [0, 0.1) is 0 Å². The number of hydrogen-bond donors (Lipinski definition) is 0. The first kappa shape index (κ1) is 20.0. The highest BCUT2D eigenvalue weighted by Gasteiger charge is 2.36. The molecule has 23 heavy (non-hydrogen) atoms. The number of unbranched alkanes of at least 4 members (excludes halogenated alkanes) is 7. The molecule has 1 aromatic carbocycles. The smallest absolute Gasteiger partial charge is 0.224 e. The van der Waals surface area contributed by atoms with Crippen molar-refractivity contribution < 1.29 is 21.6 Å². The van der Waals surface area contributed by atoms with Crippen molar-refractivity contribution >= 4 is 9.84 Å². The van der Waals surface area contributed by atoms with E-state index >= 15 is 0 Å². The lowest BCUT2D eigenvalue weighted by Crippen LogP contribution is -2.15. The summed E-state index contributed by atoms with van der Waals surface area (Å²) in [5.41, 5.74) is -1.07. The van der Waals surface area contributed by atoms with Crippen LogP contribution in [0.15, 0.2) is 29.2 Å². The van der Waals surface area contributed by atoms with Gasteiger partial charge in [-0.25, -0.2) is 8.42 Å². The van der Waals surface area contributed by atoms with Gasteiger partial charge in [0, 0.05) is 0 Å². The molecular weight excluding hydrogens is 325 g/mol. The van der Waals surface area contributed by atoms with E-state index in [4.69, 9.17) is 0 Å². The lowest BCUT2D eigenvalue weighted by Gasteiger charge is -2.13. The minimum Gasteiger partial charge on any atom is -0.224 e. The zero-order valence-electron chi connectivity index (χ0n) is 13.5. The van der Waals surface area contributed by atoms with Gasteiger partial charge in [-0.2, -0.15) is 13.2 Å². The van der Waals surface area contributed by atoms with Crippen molar-refractivity contribution in [3.05, 3.63) is 29.8 Å². The van der Waals surface area contributed by atoms with Crippen LogP contribution in [0.25, 0.3) is 0 Å². The van der Waals surface area contributed by atoms with Gasteiger partial charge in [0.05, 0.1) is 16.2 Å². The van der Waals surface area contributed by atoms with Crippen molar-refractivity contribution in [3.63, 3.8) is 0 Å². The number of halogens is 3. The van der Waals surface area contributed by atoms with Crippen LogP contribution in [0.2, 0.25) is 0 Å². The van der Waals surface area contributed by atoms with Gasteiger partial charge in [-0.1, -0.05) is 64.0 Å². The molecular formula is C17H25F3O2S. The molecule has 0 aliphatic rings. The van der Waals surface area contributed by atoms with Gasteiger partial charge in [0.15, 0.2) is 9.84 Å². The summed E-state index contributed by atoms with van der Waals surface area (Å²) < 4.78 is 63.1. The Morgan fingerprint density at radius 2 is 1.39 bits per heavy atom. The van der Waals surface area contributed by atoms with E-state index < -0.39 is 26.5 Å². The predicted octanol–water partition coefficient (Wildman–Crippen LogP) is 5.62. The molecule has 0 aliphatic heterocycles. The normalized spacial score (nSPS) is 12.5. The van der Waals surface area contributed by atoms with Gasteiger partial charge in [-0.3, -0.25) is 0 Å². The second-order valence-electron chi connectivity index (χ2n) is 5.79.